The van der Waals surface area contributed by atoms with Crippen molar-refractivity contribution < 1.29 is 19.1 Å². The van der Waals surface area contributed by atoms with Crippen LogP contribution in [0.2, 0.25) is 0 Å². The van der Waals surface area contributed by atoms with Gasteiger partial charge in [0.15, 0.2) is 0 Å². The van der Waals surface area contributed by atoms with E-state index in [1.165, 1.54) is 6.07 Å². The predicted molar refractivity (Wildman–Crippen MR) is 76.1 cm³/mol. The molecule has 0 aliphatic heterocycles. The standard InChI is InChI=1S/C14H13FN2O3S/c1-7-3-9(5-10(15)4-7)13(18)16-6-11-17-8(2)12(21-11)14(19)20/h3-5H,6H2,1-2H3,(H,16,18)(H,19,20). The Kier molecular flexibility index (Phi) is 4.32. The van der Waals surface area contributed by atoms with E-state index in [1.54, 1.807) is 19.9 Å². The van der Waals surface area contributed by atoms with E-state index in [1.807, 2.05) is 0 Å². The van der Waals surface area contributed by atoms with Gasteiger partial charge in [0.2, 0.25) is 0 Å². The van der Waals surface area contributed by atoms with E-state index < -0.39 is 17.7 Å². The molecular weight excluding hydrogens is 295 g/mol. The number of aromatic nitrogens is 1. The van der Waals surface area contributed by atoms with E-state index >= 15 is 0 Å². The molecule has 2 aromatic rings. The first-order chi connectivity index (χ1) is 9.86. The van der Waals surface area contributed by atoms with Crippen LogP contribution in [0.25, 0.3) is 0 Å². The summed E-state index contributed by atoms with van der Waals surface area (Å²) in [6.07, 6.45) is 0. The maximum Gasteiger partial charge on any atom is 0.347 e. The van der Waals surface area contributed by atoms with E-state index in [0.717, 1.165) is 17.4 Å². The third kappa shape index (κ3) is 3.63. The Balaban J connectivity index is 2.07. The summed E-state index contributed by atoms with van der Waals surface area (Å²) in [6.45, 7) is 3.40. The number of hydrogen-bond acceptors (Lipinski definition) is 4. The van der Waals surface area contributed by atoms with Gasteiger partial charge in [0.05, 0.1) is 12.2 Å². The maximum absolute atomic E-state index is 13.2. The summed E-state index contributed by atoms with van der Waals surface area (Å²) in [4.78, 5) is 27.1. The Morgan fingerprint density at radius 1 is 1.33 bits per heavy atom. The van der Waals surface area contributed by atoms with Gasteiger partial charge in [-0.15, -0.1) is 11.3 Å². The van der Waals surface area contributed by atoms with E-state index in [4.69, 9.17) is 5.11 Å². The highest BCUT2D eigenvalue weighted by Crippen LogP contribution is 2.18. The number of thiazole rings is 1. The number of aryl methyl sites for hydroxylation is 2. The summed E-state index contributed by atoms with van der Waals surface area (Å²) in [5, 5.41) is 12.0. The SMILES string of the molecule is Cc1cc(F)cc(C(=O)NCc2nc(C)c(C(=O)O)s2)c1. The number of aromatic carboxylic acids is 1. The van der Waals surface area contributed by atoms with Crippen molar-refractivity contribution in [2.45, 2.75) is 20.4 Å². The minimum absolute atomic E-state index is 0.104. The Labute approximate surface area is 124 Å². The van der Waals surface area contributed by atoms with Gasteiger partial charge in [0, 0.05) is 5.56 Å². The van der Waals surface area contributed by atoms with E-state index in [9.17, 15) is 14.0 Å². The number of benzene rings is 1. The Bertz CT molecular complexity index is 692. The zero-order chi connectivity index (χ0) is 15.6. The molecule has 0 unspecified atom stereocenters. The topological polar surface area (TPSA) is 79.3 Å². The first-order valence-electron chi connectivity index (χ1n) is 6.12. The van der Waals surface area contributed by atoms with Crippen molar-refractivity contribution in [3.05, 3.63) is 50.7 Å². The molecule has 1 aromatic heterocycles. The Hall–Kier alpha value is -2.28. The van der Waals surface area contributed by atoms with Crippen LogP contribution in [-0.2, 0) is 6.54 Å². The molecule has 2 rings (SSSR count). The fourth-order valence-corrected chi connectivity index (χ4v) is 2.69. The molecule has 0 aliphatic carbocycles. The summed E-state index contributed by atoms with van der Waals surface area (Å²) in [5.74, 6) is -1.94. The second-order valence-corrected chi connectivity index (χ2v) is 5.61. The van der Waals surface area contributed by atoms with Crippen molar-refractivity contribution in [3.63, 3.8) is 0 Å². The highest BCUT2D eigenvalue weighted by atomic mass is 32.1. The molecule has 1 aromatic carbocycles. The van der Waals surface area contributed by atoms with Crippen LogP contribution >= 0.6 is 11.3 Å². The second-order valence-electron chi connectivity index (χ2n) is 4.53. The highest BCUT2D eigenvalue weighted by molar-refractivity contribution is 7.13. The number of rotatable bonds is 4. The van der Waals surface area contributed by atoms with Crippen LogP contribution < -0.4 is 5.32 Å². The average Bonchev–Trinajstić information content (AvgIpc) is 2.76. The number of carbonyl (C=O) groups excluding carboxylic acids is 1. The Morgan fingerprint density at radius 2 is 2.05 bits per heavy atom. The fourth-order valence-electron chi connectivity index (χ4n) is 1.85. The van der Waals surface area contributed by atoms with Crippen molar-refractivity contribution in [2.75, 3.05) is 0 Å². The van der Waals surface area contributed by atoms with Crippen molar-refractivity contribution in [2.24, 2.45) is 0 Å². The van der Waals surface area contributed by atoms with Crippen LogP contribution in [0, 0.1) is 19.7 Å². The van der Waals surface area contributed by atoms with Crippen molar-refractivity contribution in [1.82, 2.24) is 10.3 Å². The van der Waals surface area contributed by atoms with Gasteiger partial charge in [0.1, 0.15) is 15.7 Å². The highest BCUT2D eigenvalue weighted by Gasteiger charge is 2.15. The maximum atomic E-state index is 13.2. The van der Waals surface area contributed by atoms with E-state index in [0.29, 0.717) is 16.3 Å². The minimum atomic E-state index is -1.04. The lowest BCUT2D eigenvalue weighted by atomic mass is 10.1. The first-order valence-corrected chi connectivity index (χ1v) is 6.93. The number of halogens is 1. The van der Waals surface area contributed by atoms with E-state index in [2.05, 4.69) is 10.3 Å². The number of nitrogens with zero attached hydrogens (tertiary/aromatic N) is 1. The van der Waals surface area contributed by atoms with Crippen molar-refractivity contribution in [1.29, 1.82) is 0 Å². The van der Waals surface area contributed by atoms with Crippen LogP contribution in [0.1, 0.15) is 36.3 Å². The number of carbonyl (C=O) groups is 2. The molecule has 0 bridgehead atoms. The molecular formula is C14H13FN2O3S. The van der Waals surface area contributed by atoms with Gasteiger partial charge in [-0.05, 0) is 37.6 Å². The zero-order valence-electron chi connectivity index (χ0n) is 11.4. The summed E-state index contributed by atoms with van der Waals surface area (Å²) < 4.78 is 13.2. The number of nitrogens with one attached hydrogen (secondary N) is 1. The van der Waals surface area contributed by atoms with Gasteiger partial charge in [-0.3, -0.25) is 4.79 Å². The molecule has 0 atom stereocenters. The summed E-state index contributed by atoms with van der Waals surface area (Å²) in [7, 11) is 0. The molecule has 1 amide bonds. The third-order valence-corrected chi connectivity index (χ3v) is 3.89. The third-order valence-electron chi connectivity index (χ3n) is 2.74. The van der Waals surface area contributed by atoms with Crippen LogP contribution in [0.5, 0.6) is 0 Å². The molecule has 110 valence electrons. The summed E-state index contributed by atoms with van der Waals surface area (Å²) >= 11 is 1.01. The molecule has 7 heteroatoms. The lowest BCUT2D eigenvalue weighted by molar-refractivity contribution is 0.0701. The monoisotopic (exact) mass is 308 g/mol. The van der Waals surface area contributed by atoms with E-state index in [-0.39, 0.29) is 17.0 Å². The smallest absolute Gasteiger partial charge is 0.347 e. The molecule has 21 heavy (non-hydrogen) atoms. The minimum Gasteiger partial charge on any atom is -0.477 e. The number of hydrogen-bond donors (Lipinski definition) is 2. The average molecular weight is 308 g/mol. The van der Waals surface area contributed by atoms with Crippen LogP contribution in [-0.4, -0.2) is 22.0 Å². The molecule has 5 nitrogen and oxygen atoms in total. The zero-order valence-corrected chi connectivity index (χ0v) is 12.3. The van der Waals surface area contributed by atoms with Gasteiger partial charge >= 0.3 is 5.97 Å². The number of amides is 1. The molecule has 2 N–H and O–H groups in total. The Morgan fingerprint density at radius 3 is 2.62 bits per heavy atom. The molecule has 0 spiro atoms. The van der Waals surface area contributed by atoms with Gasteiger partial charge in [-0.25, -0.2) is 14.2 Å². The van der Waals surface area contributed by atoms with Gasteiger partial charge in [0.25, 0.3) is 5.91 Å². The van der Waals surface area contributed by atoms with Gasteiger partial charge in [-0.1, -0.05) is 0 Å². The summed E-state index contributed by atoms with van der Waals surface area (Å²) in [6, 6.07) is 4.06. The molecule has 0 aliphatic rings. The molecule has 0 saturated carbocycles. The lowest BCUT2D eigenvalue weighted by Crippen LogP contribution is -2.23. The van der Waals surface area contributed by atoms with Crippen molar-refractivity contribution in [3.8, 4) is 0 Å². The quantitative estimate of drug-likeness (QED) is 0.909. The lowest BCUT2D eigenvalue weighted by Gasteiger charge is -2.04. The fraction of sp³-hybridized carbons (Fsp3) is 0.214. The first kappa shape index (κ1) is 15.1. The van der Waals surface area contributed by atoms with Crippen LogP contribution in [0.15, 0.2) is 18.2 Å². The van der Waals surface area contributed by atoms with Crippen LogP contribution in [0.3, 0.4) is 0 Å². The second kappa shape index (κ2) is 6.01. The summed E-state index contributed by atoms with van der Waals surface area (Å²) in [5.41, 5.74) is 1.29. The molecule has 0 saturated heterocycles. The normalized spacial score (nSPS) is 10.4. The van der Waals surface area contributed by atoms with Crippen molar-refractivity contribution >= 4 is 23.2 Å². The molecule has 0 fully saturated rings. The largest absolute Gasteiger partial charge is 0.477 e. The number of carboxylic acid groups (broad SMARTS) is 1. The number of carboxylic acids is 1. The molecule has 1 heterocycles. The van der Waals surface area contributed by atoms with Gasteiger partial charge in [-0.2, -0.15) is 0 Å². The molecule has 0 radical (unpaired) electrons. The van der Waals surface area contributed by atoms with Gasteiger partial charge < -0.3 is 10.4 Å². The van der Waals surface area contributed by atoms with Crippen LogP contribution in [0.4, 0.5) is 4.39 Å². The predicted octanol–water partition coefficient (Wildman–Crippen LogP) is 2.53.